The van der Waals surface area contributed by atoms with Gasteiger partial charge in [-0.25, -0.2) is 18.4 Å². The van der Waals surface area contributed by atoms with Gasteiger partial charge in [0, 0.05) is 38.6 Å². The average Bonchev–Trinajstić information content (AvgIpc) is 3.46. The number of nitrogens with zero attached hydrogens (tertiary/aromatic N) is 5. The topological polar surface area (TPSA) is 73.0 Å². The number of hydrogen-bond acceptors (Lipinski definition) is 5. The van der Waals surface area contributed by atoms with Gasteiger partial charge in [-0.1, -0.05) is 48.5 Å². The average molecular weight is 496 g/mol. The molecular formula is C25H29N5O2S2. The largest absolute Gasteiger partial charge is 0.330 e. The second kappa shape index (κ2) is 9.93. The van der Waals surface area contributed by atoms with Crippen LogP contribution < -0.4 is 0 Å². The van der Waals surface area contributed by atoms with Crippen LogP contribution in [0.1, 0.15) is 37.6 Å². The molecule has 3 heterocycles. The molecular weight excluding hydrogens is 466 g/mol. The molecule has 9 heteroatoms. The Balaban J connectivity index is 1.38. The molecule has 0 atom stereocenters. The standard InChI is InChI=1S/C25H29N5O2S2/c1-2-30-23-12-11-21(34(31,32)29-14-7-4-8-15-29)17-22(23)27-25(30)33-19-24-26-13-16-28(24)18-20-9-5-3-6-10-20/h3,5-6,9-13,16-17H,2,4,7-8,14-15,18-19H2,1H3. The van der Waals surface area contributed by atoms with Crippen molar-refractivity contribution >= 4 is 32.8 Å². The Morgan fingerprint density at radius 2 is 1.82 bits per heavy atom. The van der Waals surface area contributed by atoms with Gasteiger partial charge < -0.3 is 9.13 Å². The fraction of sp³-hybridized carbons (Fsp3) is 0.360. The van der Waals surface area contributed by atoms with Crippen molar-refractivity contribution in [2.75, 3.05) is 13.1 Å². The summed E-state index contributed by atoms with van der Waals surface area (Å²) in [5, 5.41) is 0.874. The maximum Gasteiger partial charge on any atom is 0.243 e. The van der Waals surface area contributed by atoms with Crippen molar-refractivity contribution in [3.63, 3.8) is 0 Å². The molecule has 5 rings (SSSR count). The monoisotopic (exact) mass is 495 g/mol. The van der Waals surface area contributed by atoms with E-state index in [2.05, 4.69) is 33.2 Å². The van der Waals surface area contributed by atoms with Crippen molar-refractivity contribution in [2.45, 2.75) is 55.1 Å². The Kier molecular flexibility index (Phi) is 6.76. The normalized spacial score (nSPS) is 15.2. The maximum absolute atomic E-state index is 13.1. The summed E-state index contributed by atoms with van der Waals surface area (Å²) in [6, 6.07) is 15.7. The van der Waals surface area contributed by atoms with Gasteiger partial charge in [-0.2, -0.15) is 4.31 Å². The highest BCUT2D eigenvalue weighted by atomic mass is 32.2. The highest BCUT2D eigenvalue weighted by molar-refractivity contribution is 7.98. The van der Waals surface area contributed by atoms with Crippen molar-refractivity contribution < 1.29 is 8.42 Å². The summed E-state index contributed by atoms with van der Waals surface area (Å²) < 4.78 is 32.2. The van der Waals surface area contributed by atoms with E-state index < -0.39 is 10.0 Å². The number of aromatic nitrogens is 4. The van der Waals surface area contributed by atoms with Crippen molar-refractivity contribution in [1.29, 1.82) is 0 Å². The fourth-order valence-electron chi connectivity index (χ4n) is 4.45. The van der Waals surface area contributed by atoms with Crippen LogP contribution in [0.4, 0.5) is 0 Å². The van der Waals surface area contributed by atoms with Crippen LogP contribution in [-0.2, 0) is 28.9 Å². The molecule has 7 nitrogen and oxygen atoms in total. The second-order valence-corrected chi connectivity index (χ2v) is 11.4. The third-order valence-corrected chi connectivity index (χ3v) is 9.15. The molecule has 34 heavy (non-hydrogen) atoms. The van der Waals surface area contributed by atoms with E-state index in [9.17, 15) is 8.42 Å². The van der Waals surface area contributed by atoms with Gasteiger partial charge in [-0.05, 0) is 43.5 Å². The van der Waals surface area contributed by atoms with Gasteiger partial charge >= 0.3 is 0 Å². The van der Waals surface area contributed by atoms with Crippen LogP contribution in [0.15, 0.2) is 71.0 Å². The molecule has 0 bridgehead atoms. The molecule has 0 aliphatic carbocycles. The Hall–Kier alpha value is -2.62. The lowest BCUT2D eigenvalue weighted by molar-refractivity contribution is 0.346. The number of sulfonamides is 1. The first-order chi connectivity index (χ1) is 16.6. The van der Waals surface area contributed by atoms with Crippen LogP contribution in [0, 0.1) is 0 Å². The van der Waals surface area contributed by atoms with E-state index in [1.54, 1.807) is 28.2 Å². The van der Waals surface area contributed by atoms with Gasteiger partial charge in [0.1, 0.15) is 5.82 Å². The Labute approximate surface area is 204 Å². The van der Waals surface area contributed by atoms with E-state index in [1.165, 1.54) is 5.56 Å². The lowest BCUT2D eigenvalue weighted by Crippen LogP contribution is -2.35. The van der Waals surface area contributed by atoms with E-state index in [1.807, 2.05) is 36.7 Å². The number of rotatable bonds is 8. The predicted octanol–water partition coefficient (Wildman–Crippen LogP) is 4.77. The summed E-state index contributed by atoms with van der Waals surface area (Å²) >= 11 is 1.63. The van der Waals surface area contributed by atoms with Crippen LogP contribution in [0.5, 0.6) is 0 Å². The summed E-state index contributed by atoms with van der Waals surface area (Å²) in [7, 11) is -3.48. The van der Waals surface area contributed by atoms with E-state index in [-0.39, 0.29) is 0 Å². The molecule has 0 amide bonds. The van der Waals surface area contributed by atoms with E-state index in [4.69, 9.17) is 4.98 Å². The van der Waals surface area contributed by atoms with Crippen molar-refractivity contribution in [3.05, 3.63) is 72.3 Å². The van der Waals surface area contributed by atoms with Gasteiger partial charge in [0.25, 0.3) is 0 Å². The first kappa shape index (κ1) is 23.1. The molecule has 1 fully saturated rings. The van der Waals surface area contributed by atoms with Gasteiger partial charge in [-0.15, -0.1) is 0 Å². The predicted molar refractivity (Wildman–Crippen MR) is 135 cm³/mol. The van der Waals surface area contributed by atoms with Crippen molar-refractivity contribution in [1.82, 2.24) is 23.4 Å². The van der Waals surface area contributed by atoms with Gasteiger partial charge in [0.2, 0.25) is 10.0 Å². The minimum absolute atomic E-state index is 0.331. The van der Waals surface area contributed by atoms with Crippen LogP contribution >= 0.6 is 11.8 Å². The van der Waals surface area contributed by atoms with Gasteiger partial charge in [0.15, 0.2) is 5.16 Å². The molecule has 0 unspecified atom stereocenters. The third kappa shape index (κ3) is 4.64. The number of aryl methyl sites for hydroxylation is 1. The molecule has 0 radical (unpaired) electrons. The zero-order valence-corrected chi connectivity index (χ0v) is 20.9. The second-order valence-electron chi connectivity index (χ2n) is 8.50. The molecule has 0 N–H and O–H groups in total. The Bertz CT molecular complexity index is 1370. The van der Waals surface area contributed by atoms with Crippen molar-refractivity contribution in [2.24, 2.45) is 0 Å². The van der Waals surface area contributed by atoms with Crippen LogP contribution in [-0.4, -0.2) is 44.9 Å². The number of imidazole rings is 2. The van der Waals surface area contributed by atoms with Crippen molar-refractivity contribution in [3.8, 4) is 0 Å². The maximum atomic E-state index is 13.1. The lowest BCUT2D eigenvalue weighted by Gasteiger charge is -2.25. The Morgan fingerprint density at radius 1 is 1.03 bits per heavy atom. The van der Waals surface area contributed by atoms with E-state index in [0.717, 1.165) is 54.4 Å². The Morgan fingerprint density at radius 3 is 2.59 bits per heavy atom. The minimum Gasteiger partial charge on any atom is -0.330 e. The molecule has 178 valence electrons. The molecule has 1 aliphatic heterocycles. The number of benzene rings is 2. The molecule has 1 aliphatic rings. The number of thioether (sulfide) groups is 1. The molecule has 1 saturated heterocycles. The quantitative estimate of drug-likeness (QED) is 0.329. The number of piperidine rings is 1. The summed E-state index contributed by atoms with van der Waals surface area (Å²) in [4.78, 5) is 9.71. The molecule has 4 aromatic rings. The molecule has 2 aromatic carbocycles. The van der Waals surface area contributed by atoms with Crippen LogP contribution in [0.25, 0.3) is 11.0 Å². The van der Waals surface area contributed by atoms with Crippen LogP contribution in [0.2, 0.25) is 0 Å². The summed E-state index contributed by atoms with van der Waals surface area (Å²) in [5.41, 5.74) is 2.90. The van der Waals surface area contributed by atoms with E-state index in [0.29, 0.717) is 23.7 Å². The number of fused-ring (bicyclic) bond motifs is 1. The van der Waals surface area contributed by atoms with E-state index >= 15 is 0 Å². The zero-order chi connectivity index (χ0) is 23.5. The van der Waals surface area contributed by atoms with Gasteiger partial charge in [-0.3, -0.25) is 0 Å². The minimum atomic E-state index is -3.48. The molecule has 2 aromatic heterocycles. The molecule has 0 spiro atoms. The summed E-state index contributed by atoms with van der Waals surface area (Å²) in [5.74, 6) is 1.67. The highest BCUT2D eigenvalue weighted by Gasteiger charge is 2.26. The summed E-state index contributed by atoms with van der Waals surface area (Å²) in [6.45, 7) is 4.81. The van der Waals surface area contributed by atoms with Gasteiger partial charge in [0.05, 0.1) is 21.7 Å². The fourth-order valence-corrected chi connectivity index (χ4v) is 7.03. The smallest absolute Gasteiger partial charge is 0.243 e. The first-order valence-electron chi connectivity index (χ1n) is 11.7. The highest BCUT2D eigenvalue weighted by Crippen LogP contribution is 2.29. The zero-order valence-electron chi connectivity index (χ0n) is 19.3. The SMILES string of the molecule is CCn1c(SCc2nccn2Cc2ccccc2)nc2cc(S(=O)(=O)N3CCCCC3)ccc21. The first-order valence-corrected chi connectivity index (χ1v) is 14.2. The lowest BCUT2D eigenvalue weighted by atomic mass is 10.2. The summed E-state index contributed by atoms with van der Waals surface area (Å²) in [6.07, 6.45) is 6.78. The van der Waals surface area contributed by atoms with Crippen LogP contribution in [0.3, 0.4) is 0 Å². The molecule has 0 saturated carbocycles. The number of hydrogen-bond donors (Lipinski definition) is 0. The third-order valence-electron chi connectivity index (χ3n) is 6.28.